The molecule has 0 aromatic heterocycles. The fourth-order valence-electron chi connectivity index (χ4n) is 5.05. The lowest BCUT2D eigenvalue weighted by atomic mass is 9.81. The molecule has 1 aromatic rings. The van der Waals surface area contributed by atoms with Crippen molar-refractivity contribution in [1.29, 1.82) is 0 Å². The van der Waals surface area contributed by atoms with E-state index in [1.165, 1.54) is 6.92 Å². The van der Waals surface area contributed by atoms with Crippen LogP contribution in [-0.4, -0.2) is 50.9 Å². The van der Waals surface area contributed by atoms with E-state index in [0.29, 0.717) is 16.3 Å². The molecule has 4 rings (SSSR count). The summed E-state index contributed by atoms with van der Waals surface area (Å²) in [6.45, 7) is 2.68. The number of hydrogen-bond donors (Lipinski definition) is 1. The predicted octanol–water partition coefficient (Wildman–Crippen LogP) is 3.30. The standard InChI is InChI=1S/C21H21Br2ClN2O5/c1-8-12(24)4-3-5-13(8)25-14(27)7-31-21(30)9(2)26-19(28)15-10-6-11(16(15)20(26)29)18(23)17(10)22/h3-5,9-11,15-18H,6-7H2,1-2H3,(H,25,27)/t9-,10+,11+,15-,16+,17-,18-/m0/s1. The highest BCUT2D eigenvalue weighted by molar-refractivity contribution is 9.12. The lowest BCUT2D eigenvalue weighted by Gasteiger charge is -2.28. The van der Waals surface area contributed by atoms with Crippen LogP contribution in [0.25, 0.3) is 0 Å². The molecular weight excluding hydrogens is 556 g/mol. The predicted molar refractivity (Wildman–Crippen MR) is 121 cm³/mol. The van der Waals surface area contributed by atoms with Crippen molar-refractivity contribution in [1.82, 2.24) is 4.90 Å². The zero-order valence-corrected chi connectivity index (χ0v) is 20.7. The minimum atomic E-state index is -1.09. The van der Waals surface area contributed by atoms with Gasteiger partial charge in [0.1, 0.15) is 6.04 Å². The van der Waals surface area contributed by atoms with Crippen molar-refractivity contribution in [2.75, 3.05) is 11.9 Å². The van der Waals surface area contributed by atoms with E-state index in [-0.39, 0.29) is 33.3 Å². The summed E-state index contributed by atoms with van der Waals surface area (Å²) in [5, 5.41) is 3.14. The first-order valence-corrected chi connectivity index (χ1v) is 12.2. The molecule has 1 saturated heterocycles. The number of halogens is 3. The Morgan fingerprint density at radius 2 is 1.77 bits per heavy atom. The Hall–Kier alpha value is -1.45. The normalized spacial score (nSPS) is 32.2. The fourth-order valence-corrected chi connectivity index (χ4v) is 7.09. The maximum atomic E-state index is 13.0. The van der Waals surface area contributed by atoms with E-state index in [1.807, 2.05) is 0 Å². The third-order valence-electron chi connectivity index (χ3n) is 6.64. The molecule has 2 bridgehead atoms. The summed E-state index contributed by atoms with van der Waals surface area (Å²) in [5.74, 6) is -2.65. The Bertz CT molecular complexity index is 941. The number of carbonyl (C=O) groups is 4. The molecular formula is C21H21Br2ClN2O5. The van der Waals surface area contributed by atoms with Crippen LogP contribution in [0.2, 0.25) is 5.02 Å². The summed E-state index contributed by atoms with van der Waals surface area (Å²) in [6, 6.07) is 4.00. The molecule has 31 heavy (non-hydrogen) atoms. The van der Waals surface area contributed by atoms with E-state index >= 15 is 0 Å². The van der Waals surface area contributed by atoms with Gasteiger partial charge < -0.3 is 10.1 Å². The minimum Gasteiger partial charge on any atom is -0.454 e. The van der Waals surface area contributed by atoms with Crippen LogP contribution in [0.15, 0.2) is 18.2 Å². The molecule has 10 heteroatoms. The van der Waals surface area contributed by atoms with Gasteiger partial charge in [-0.15, -0.1) is 0 Å². The highest BCUT2D eigenvalue weighted by atomic mass is 79.9. The van der Waals surface area contributed by atoms with Crippen LogP contribution in [0, 0.1) is 30.6 Å². The summed E-state index contributed by atoms with van der Waals surface area (Å²) < 4.78 is 5.10. The Morgan fingerprint density at radius 3 is 2.35 bits per heavy atom. The Labute approximate surface area is 201 Å². The van der Waals surface area contributed by atoms with Gasteiger partial charge in [-0.1, -0.05) is 49.5 Å². The Morgan fingerprint density at radius 1 is 1.19 bits per heavy atom. The largest absolute Gasteiger partial charge is 0.454 e. The van der Waals surface area contributed by atoms with Gasteiger partial charge in [0.25, 0.3) is 5.91 Å². The summed E-state index contributed by atoms with van der Waals surface area (Å²) in [6.07, 6.45) is 0.814. The van der Waals surface area contributed by atoms with Crippen molar-refractivity contribution < 1.29 is 23.9 Å². The summed E-state index contributed by atoms with van der Waals surface area (Å²) in [5.41, 5.74) is 1.21. The first kappa shape index (κ1) is 22.7. The molecule has 1 aromatic carbocycles. The van der Waals surface area contributed by atoms with Crippen LogP contribution in [0.5, 0.6) is 0 Å². The van der Waals surface area contributed by atoms with Crippen LogP contribution < -0.4 is 5.32 Å². The van der Waals surface area contributed by atoms with Gasteiger partial charge in [-0.05, 0) is 49.8 Å². The highest BCUT2D eigenvalue weighted by Gasteiger charge is 2.67. The number of benzene rings is 1. The molecule has 3 amide bonds. The summed E-state index contributed by atoms with van der Waals surface area (Å²) in [4.78, 5) is 52.0. The topological polar surface area (TPSA) is 92.8 Å². The maximum absolute atomic E-state index is 13.0. The van der Waals surface area contributed by atoms with Gasteiger partial charge in [-0.25, -0.2) is 4.79 Å². The van der Waals surface area contributed by atoms with Crippen LogP contribution in [0.3, 0.4) is 0 Å². The van der Waals surface area contributed by atoms with Gasteiger partial charge in [0.05, 0.1) is 11.8 Å². The monoisotopic (exact) mass is 574 g/mol. The van der Waals surface area contributed by atoms with Gasteiger partial charge in [0, 0.05) is 20.4 Å². The van der Waals surface area contributed by atoms with E-state index in [9.17, 15) is 19.2 Å². The number of likely N-dealkylation sites (tertiary alicyclic amines) is 1. The quantitative estimate of drug-likeness (QED) is 0.330. The smallest absolute Gasteiger partial charge is 0.329 e. The molecule has 2 saturated carbocycles. The first-order valence-electron chi connectivity index (χ1n) is 10.00. The third-order valence-corrected chi connectivity index (χ3v) is 10.3. The number of hydrogen-bond acceptors (Lipinski definition) is 5. The van der Waals surface area contributed by atoms with Gasteiger partial charge in [-0.3, -0.25) is 19.3 Å². The van der Waals surface area contributed by atoms with Crippen LogP contribution in [0.1, 0.15) is 18.9 Å². The molecule has 1 heterocycles. The average molecular weight is 577 g/mol. The van der Waals surface area contributed by atoms with E-state index in [0.717, 1.165) is 11.3 Å². The number of carbonyl (C=O) groups excluding carboxylic acids is 4. The van der Waals surface area contributed by atoms with Crippen molar-refractivity contribution in [3.8, 4) is 0 Å². The number of ether oxygens (including phenoxy) is 1. The number of imide groups is 1. The molecule has 0 spiro atoms. The minimum absolute atomic E-state index is 0.0655. The van der Waals surface area contributed by atoms with Gasteiger partial charge in [-0.2, -0.15) is 0 Å². The molecule has 1 N–H and O–H groups in total. The molecule has 3 aliphatic rings. The molecule has 2 aliphatic carbocycles. The molecule has 1 aliphatic heterocycles. The second-order valence-electron chi connectivity index (χ2n) is 8.29. The third kappa shape index (κ3) is 3.72. The van der Waals surface area contributed by atoms with E-state index in [4.69, 9.17) is 16.3 Å². The lowest BCUT2D eigenvalue weighted by Crippen LogP contribution is -2.45. The molecule has 3 fully saturated rings. The van der Waals surface area contributed by atoms with Crippen LogP contribution >= 0.6 is 43.5 Å². The van der Waals surface area contributed by atoms with Crippen molar-refractivity contribution in [3.05, 3.63) is 28.8 Å². The summed E-state index contributed by atoms with van der Waals surface area (Å²) >= 11 is 13.3. The molecule has 166 valence electrons. The van der Waals surface area contributed by atoms with E-state index in [2.05, 4.69) is 37.2 Å². The average Bonchev–Trinajstić information content (AvgIpc) is 3.34. The Balaban J connectivity index is 1.38. The Kier molecular flexibility index (Phi) is 6.22. The zero-order valence-electron chi connectivity index (χ0n) is 16.8. The van der Waals surface area contributed by atoms with Gasteiger partial charge in [0.2, 0.25) is 11.8 Å². The number of anilines is 1. The van der Waals surface area contributed by atoms with Crippen LogP contribution in [-0.2, 0) is 23.9 Å². The molecule has 7 nitrogen and oxygen atoms in total. The fraction of sp³-hybridized carbons (Fsp3) is 0.524. The lowest BCUT2D eigenvalue weighted by molar-refractivity contribution is -0.159. The van der Waals surface area contributed by atoms with Crippen molar-refractivity contribution in [2.45, 2.75) is 36.0 Å². The number of nitrogens with zero attached hydrogens (tertiary/aromatic N) is 1. The highest BCUT2D eigenvalue weighted by Crippen LogP contribution is 2.60. The second kappa shape index (κ2) is 8.48. The molecule has 7 atom stereocenters. The maximum Gasteiger partial charge on any atom is 0.329 e. The number of amides is 3. The molecule has 0 unspecified atom stereocenters. The number of esters is 1. The van der Waals surface area contributed by atoms with Crippen LogP contribution in [0.4, 0.5) is 5.69 Å². The molecule has 0 radical (unpaired) electrons. The number of fused-ring (bicyclic) bond motifs is 5. The number of alkyl halides is 2. The zero-order chi connectivity index (χ0) is 22.6. The van der Waals surface area contributed by atoms with Crippen molar-refractivity contribution in [3.63, 3.8) is 0 Å². The SMILES string of the molecule is Cc1c(Cl)cccc1NC(=O)COC(=O)[C@H](C)N1C(=O)[C@@H]2[C@H]3C[C@@H]([C@H](Br)[C@H]3Br)[C@@H]2C1=O. The van der Waals surface area contributed by atoms with Gasteiger partial charge >= 0.3 is 5.97 Å². The first-order chi connectivity index (χ1) is 14.6. The number of nitrogens with one attached hydrogen (secondary N) is 1. The second-order valence-corrected chi connectivity index (χ2v) is 10.8. The van der Waals surface area contributed by atoms with Crippen molar-refractivity contribution in [2.24, 2.45) is 23.7 Å². The van der Waals surface area contributed by atoms with Crippen molar-refractivity contribution >= 4 is 72.8 Å². The van der Waals surface area contributed by atoms with Gasteiger partial charge in [0.15, 0.2) is 6.61 Å². The summed E-state index contributed by atoms with van der Waals surface area (Å²) in [7, 11) is 0. The van der Waals surface area contributed by atoms with E-state index in [1.54, 1.807) is 25.1 Å². The number of rotatable bonds is 5. The van der Waals surface area contributed by atoms with E-state index < -0.39 is 36.4 Å².